The quantitative estimate of drug-likeness (QED) is 0.733. The van der Waals surface area contributed by atoms with E-state index in [1.807, 2.05) is 0 Å². The number of benzene rings is 1. The number of carbonyl (C=O) groups excluding carboxylic acids is 1. The van der Waals surface area contributed by atoms with Crippen molar-refractivity contribution in [3.05, 3.63) is 35.1 Å². The number of esters is 1. The van der Waals surface area contributed by atoms with Crippen molar-refractivity contribution >= 4 is 5.97 Å². The minimum absolute atomic E-state index is 0.337. The van der Waals surface area contributed by atoms with Gasteiger partial charge in [0.1, 0.15) is 5.82 Å². The average molecular weight is 224 g/mol. The number of carbonyl (C=O) groups is 1. The van der Waals surface area contributed by atoms with Gasteiger partial charge < -0.3 is 4.74 Å². The number of hydrogen-bond donors (Lipinski definition) is 0. The second kappa shape index (κ2) is 5.64. The van der Waals surface area contributed by atoms with E-state index in [-0.39, 0.29) is 11.8 Å². The van der Waals surface area contributed by atoms with Crippen LogP contribution in [0.2, 0.25) is 0 Å². The molecule has 1 aromatic carbocycles. The maximum Gasteiger partial charge on any atom is 0.338 e. The van der Waals surface area contributed by atoms with Gasteiger partial charge in [0, 0.05) is 0 Å². The van der Waals surface area contributed by atoms with Crippen LogP contribution in [-0.4, -0.2) is 12.6 Å². The molecule has 0 amide bonds. The summed E-state index contributed by atoms with van der Waals surface area (Å²) in [5, 5.41) is 0. The van der Waals surface area contributed by atoms with Crippen LogP contribution >= 0.6 is 0 Å². The standard InChI is InChI=1S/C13H17FO2/c1-9(2)6-7-16-13(15)12-5-4-11(14)8-10(12)3/h4-5,8-9H,6-7H2,1-3H3. The molecule has 1 aromatic rings. The van der Waals surface area contributed by atoms with Crippen molar-refractivity contribution in [2.75, 3.05) is 6.61 Å². The van der Waals surface area contributed by atoms with Crippen LogP contribution in [-0.2, 0) is 4.74 Å². The van der Waals surface area contributed by atoms with Gasteiger partial charge >= 0.3 is 5.97 Å². The summed E-state index contributed by atoms with van der Waals surface area (Å²) in [6.07, 6.45) is 0.839. The Labute approximate surface area is 95.4 Å². The first-order valence-corrected chi connectivity index (χ1v) is 5.44. The summed E-state index contributed by atoms with van der Waals surface area (Å²) in [7, 11) is 0. The van der Waals surface area contributed by atoms with E-state index in [2.05, 4.69) is 13.8 Å². The largest absolute Gasteiger partial charge is 0.462 e. The molecule has 16 heavy (non-hydrogen) atoms. The number of halogens is 1. The Hall–Kier alpha value is -1.38. The highest BCUT2D eigenvalue weighted by molar-refractivity contribution is 5.90. The molecular formula is C13H17FO2. The summed E-state index contributed by atoms with van der Waals surface area (Å²) in [5.74, 6) is -0.212. The number of ether oxygens (including phenoxy) is 1. The van der Waals surface area contributed by atoms with Crippen LogP contribution in [0.4, 0.5) is 4.39 Å². The average Bonchev–Trinajstić information content (AvgIpc) is 2.16. The van der Waals surface area contributed by atoms with Gasteiger partial charge in [-0.3, -0.25) is 0 Å². The van der Waals surface area contributed by atoms with Crippen molar-refractivity contribution in [1.29, 1.82) is 0 Å². The van der Waals surface area contributed by atoms with Crippen LogP contribution in [0, 0.1) is 18.7 Å². The fourth-order valence-electron chi connectivity index (χ4n) is 1.32. The lowest BCUT2D eigenvalue weighted by Crippen LogP contribution is -2.09. The molecular weight excluding hydrogens is 207 g/mol. The molecule has 0 heterocycles. The first-order valence-electron chi connectivity index (χ1n) is 5.44. The first-order chi connectivity index (χ1) is 7.50. The van der Waals surface area contributed by atoms with Gasteiger partial charge in [-0.15, -0.1) is 0 Å². The molecule has 0 bridgehead atoms. The second-order valence-electron chi connectivity index (χ2n) is 4.28. The summed E-state index contributed by atoms with van der Waals surface area (Å²) in [6, 6.07) is 4.06. The second-order valence-corrected chi connectivity index (χ2v) is 4.28. The van der Waals surface area contributed by atoms with Gasteiger partial charge in [-0.1, -0.05) is 13.8 Å². The Morgan fingerprint density at radius 1 is 1.44 bits per heavy atom. The minimum atomic E-state index is -0.377. The topological polar surface area (TPSA) is 26.3 Å². The normalized spacial score (nSPS) is 10.6. The van der Waals surface area contributed by atoms with Crippen molar-refractivity contribution in [2.45, 2.75) is 27.2 Å². The lowest BCUT2D eigenvalue weighted by molar-refractivity contribution is 0.0487. The summed E-state index contributed by atoms with van der Waals surface area (Å²) < 4.78 is 17.9. The van der Waals surface area contributed by atoms with E-state index in [1.54, 1.807) is 6.92 Å². The highest BCUT2D eigenvalue weighted by Gasteiger charge is 2.10. The van der Waals surface area contributed by atoms with E-state index in [4.69, 9.17) is 4.74 Å². The van der Waals surface area contributed by atoms with Gasteiger partial charge in [-0.25, -0.2) is 9.18 Å². The third kappa shape index (κ3) is 3.65. The van der Waals surface area contributed by atoms with Crippen LogP contribution in [0.1, 0.15) is 36.2 Å². The molecule has 0 saturated carbocycles. The Balaban J connectivity index is 2.59. The molecule has 0 unspecified atom stereocenters. The molecule has 0 N–H and O–H groups in total. The van der Waals surface area contributed by atoms with Gasteiger partial charge in [0.25, 0.3) is 0 Å². The molecule has 0 aliphatic rings. The summed E-state index contributed by atoms with van der Waals surface area (Å²) in [6.45, 7) is 6.24. The van der Waals surface area contributed by atoms with Gasteiger partial charge in [0.05, 0.1) is 12.2 Å². The minimum Gasteiger partial charge on any atom is -0.462 e. The Bertz CT molecular complexity index is 372. The van der Waals surface area contributed by atoms with Crippen LogP contribution in [0.3, 0.4) is 0 Å². The fourth-order valence-corrected chi connectivity index (χ4v) is 1.32. The highest BCUT2D eigenvalue weighted by Crippen LogP contribution is 2.12. The van der Waals surface area contributed by atoms with Gasteiger partial charge in [-0.2, -0.15) is 0 Å². The Morgan fingerprint density at radius 2 is 2.12 bits per heavy atom. The molecule has 0 radical (unpaired) electrons. The van der Waals surface area contributed by atoms with E-state index >= 15 is 0 Å². The molecule has 0 saturated heterocycles. The molecule has 0 aromatic heterocycles. The molecule has 2 nitrogen and oxygen atoms in total. The molecule has 1 rings (SSSR count). The first kappa shape index (κ1) is 12.7. The zero-order valence-corrected chi connectivity index (χ0v) is 9.92. The molecule has 0 spiro atoms. The van der Waals surface area contributed by atoms with Gasteiger partial charge in [-0.05, 0) is 43.0 Å². The lowest BCUT2D eigenvalue weighted by atomic mass is 10.1. The van der Waals surface area contributed by atoms with Crippen LogP contribution < -0.4 is 0 Å². The van der Waals surface area contributed by atoms with Crippen molar-refractivity contribution in [3.8, 4) is 0 Å². The molecule has 0 aliphatic heterocycles. The summed E-state index contributed by atoms with van der Waals surface area (Å²) in [5.41, 5.74) is 1.04. The third-order valence-corrected chi connectivity index (χ3v) is 2.34. The van der Waals surface area contributed by atoms with Crippen molar-refractivity contribution < 1.29 is 13.9 Å². The number of aryl methyl sites for hydroxylation is 1. The predicted octanol–water partition coefficient (Wildman–Crippen LogP) is 3.34. The summed E-state index contributed by atoms with van der Waals surface area (Å²) >= 11 is 0. The molecule has 88 valence electrons. The number of rotatable bonds is 4. The van der Waals surface area contributed by atoms with Crippen molar-refractivity contribution in [1.82, 2.24) is 0 Å². The van der Waals surface area contributed by atoms with Gasteiger partial charge in [0.15, 0.2) is 0 Å². The van der Waals surface area contributed by atoms with Crippen molar-refractivity contribution in [2.24, 2.45) is 5.92 Å². The maximum absolute atomic E-state index is 12.8. The van der Waals surface area contributed by atoms with Crippen LogP contribution in [0.5, 0.6) is 0 Å². The van der Waals surface area contributed by atoms with Crippen molar-refractivity contribution in [3.63, 3.8) is 0 Å². The maximum atomic E-state index is 12.8. The Morgan fingerprint density at radius 3 is 2.69 bits per heavy atom. The van der Waals surface area contributed by atoms with Crippen LogP contribution in [0.25, 0.3) is 0 Å². The zero-order valence-electron chi connectivity index (χ0n) is 9.92. The van der Waals surface area contributed by atoms with Gasteiger partial charge in [0.2, 0.25) is 0 Å². The molecule has 0 aliphatic carbocycles. The highest BCUT2D eigenvalue weighted by atomic mass is 19.1. The fraction of sp³-hybridized carbons (Fsp3) is 0.462. The van der Waals surface area contributed by atoms with E-state index < -0.39 is 0 Å². The van der Waals surface area contributed by atoms with Crippen LogP contribution in [0.15, 0.2) is 18.2 Å². The monoisotopic (exact) mass is 224 g/mol. The van der Waals surface area contributed by atoms with E-state index in [0.717, 1.165) is 6.42 Å². The SMILES string of the molecule is Cc1cc(F)ccc1C(=O)OCCC(C)C. The molecule has 3 heteroatoms. The Kier molecular flexibility index (Phi) is 4.47. The van der Waals surface area contributed by atoms with E-state index in [1.165, 1.54) is 18.2 Å². The number of hydrogen-bond acceptors (Lipinski definition) is 2. The smallest absolute Gasteiger partial charge is 0.338 e. The zero-order chi connectivity index (χ0) is 12.1. The van der Waals surface area contributed by atoms with E-state index in [0.29, 0.717) is 23.7 Å². The predicted molar refractivity (Wildman–Crippen MR) is 60.9 cm³/mol. The lowest BCUT2D eigenvalue weighted by Gasteiger charge is -2.08. The third-order valence-electron chi connectivity index (χ3n) is 2.34. The molecule has 0 fully saturated rings. The molecule has 0 atom stereocenters. The summed E-state index contributed by atoms with van der Waals surface area (Å²) in [4.78, 5) is 11.6. The van der Waals surface area contributed by atoms with E-state index in [9.17, 15) is 9.18 Å².